The monoisotopic (exact) mass is 1080 g/mol. The number of phosphoric acid groups is 4. The van der Waals surface area contributed by atoms with Crippen molar-refractivity contribution >= 4 is 73.1 Å². The number of hydrogen-bond acceptors (Lipinski definition) is 33. The van der Waals surface area contributed by atoms with Crippen LogP contribution in [0.15, 0.2) is 22.2 Å². The average Bonchev–Trinajstić information content (AvgIpc) is 3.97. The Bertz CT molecular complexity index is 2770. The molecular weight excluding hydrogens is 1050 g/mol. The van der Waals surface area contributed by atoms with E-state index in [1.54, 1.807) is 0 Å². The van der Waals surface area contributed by atoms with Gasteiger partial charge in [-0.1, -0.05) is 33.1 Å². The number of hydrogen-bond donors (Lipinski definition) is 13. The minimum atomic E-state index is -5.87. The molecule has 42 nitrogen and oxygen atoms in total. The third-order valence-electron chi connectivity index (χ3n) is 7.78. The quantitative estimate of drug-likeness (QED) is 0.0137. The molecule has 4 aromatic rings. The number of aliphatic hydroxyl groups is 4. The van der Waals surface area contributed by atoms with Gasteiger partial charge < -0.3 is 51.2 Å². The van der Waals surface area contributed by atoms with Gasteiger partial charge in [0.25, 0.3) is 11.1 Å². The van der Waals surface area contributed by atoms with Crippen LogP contribution in [0.25, 0.3) is 22.3 Å². The average molecular weight is 1080 g/mol. The number of imidazole rings is 2. The van der Waals surface area contributed by atoms with Crippen molar-refractivity contribution in [2.24, 2.45) is 0 Å². The molecule has 13 atom stereocenters. The summed E-state index contributed by atoms with van der Waals surface area (Å²) in [5.74, 6) is -0.691. The molecule has 15 N–H and O–H groups in total. The van der Waals surface area contributed by atoms with E-state index in [1.807, 2.05) is 0 Å². The highest BCUT2D eigenvalue weighted by Crippen LogP contribution is 2.55. The van der Waals surface area contributed by atoms with Crippen molar-refractivity contribution in [1.29, 1.82) is 0 Å². The molecule has 0 amide bonds. The molecule has 0 aliphatic carbocycles. The first-order valence-electron chi connectivity index (χ1n) is 16.7. The largest absolute Gasteiger partial charge is 0.531 e. The standard InChI is InChI=1S/C20H29N10O32P5/c21-19-25-12-6(14(35)27-19)23-2-29(12)16-9(32)8(31)5(49-16)1-47-52-57-65(41,42)59-54-61-67(45,46)62-55-60-66(43,44)58-53-56-63(37,38)4-48-64(39,40)51-18-11(34)10(33)17(50-18)30-3-24-7-13(30)26-20(22)28-15(7)36/h2-3,5,8-11,16-18,31-34H,1,4H2,(H,37,38)(H,39,40)(H,41,42)(H,43,44)(H,45,46)(H3,21,25,27,35)(H3,22,26,28,36)/t5-,8-,9-,10-,11+,16-,17-,18-/m1/s1. The lowest BCUT2D eigenvalue weighted by molar-refractivity contribution is -0.499. The molecular formula is C20H29N10O32P5. The SMILES string of the molecule is Nc1nc2c(ncn2[C@@H]2O[C@H](OP(=O)(O)OCP(=O)(O)OOOP(=O)(O)OOOP(=O)(O)OOOP(=O)(O)OOOC[C@H]3O[C@@H](n4cnc5c(=O)[nH]c(N)nc54)[C@H](O)[C@@H]3O)[C@@H](O)[C@H]2O)c(=O)[nH]1. The summed E-state index contributed by atoms with van der Waals surface area (Å²) in [5.41, 5.74) is 8.62. The normalized spacial score (nSPS) is 28.0. The van der Waals surface area contributed by atoms with Gasteiger partial charge in [0.15, 0.2) is 47.4 Å². The number of nitrogens with two attached hydrogens (primary N) is 2. The Balaban J connectivity index is 0.849. The highest BCUT2D eigenvalue weighted by molar-refractivity contribution is 7.54. The van der Waals surface area contributed by atoms with Gasteiger partial charge in [0.1, 0.15) is 37.1 Å². The Hall–Kier alpha value is -3.55. The zero-order valence-electron chi connectivity index (χ0n) is 31.7. The van der Waals surface area contributed by atoms with Crippen molar-refractivity contribution in [3.63, 3.8) is 0 Å². The van der Waals surface area contributed by atoms with Gasteiger partial charge in [0.2, 0.25) is 11.9 Å². The first kappa shape index (κ1) is 52.8. The van der Waals surface area contributed by atoms with Crippen molar-refractivity contribution in [1.82, 2.24) is 39.0 Å². The van der Waals surface area contributed by atoms with Crippen LogP contribution >= 0.6 is 38.9 Å². The van der Waals surface area contributed by atoms with Gasteiger partial charge in [-0.05, 0) is 15.1 Å². The van der Waals surface area contributed by atoms with Gasteiger partial charge in [0.05, 0.1) is 12.7 Å². The van der Waals surface area contributed by atoms with Crippen molar-refractivity contribution in [2.45, 2.75) is 49.3 Å². The summed E-state index contributed by atoms with van der Waals surface area (Å²) in [5, 5.41) is 55.8. The van der Waals surface area contributed by atoms with Crippen LogP contribution in [-0.2, 0) is 99.1 Å². The molecule has 2 saturated heterocycles. The maximum absolute atomic E-state index is 12.4. The number of rotatable bonds is 24. The molecule has 0 spiro atoms. The third kappa shape index (κ3) is 13.4. The van der Waals surface area contributed by atoms with Crippen LogP contribution in [0.5, 0.6) is 0 Å². The predicted molar refractivity (Wildman–Crippen MR) is 191 cm³/mol. The van der Waals surface area contributed by atoms with Crippen molar-refractivity contribution in [3.8, 4) is 0 Å². The molecule has 6 heterocycles. The lowest BCUT2D eigenvalue weighted by atomic mass is 10.1. The molecule has 6 rings (SSSR count). The minimum Gasteiger partial charge on any atom is -0.387 e. The maximum Gasteiger partial charge on any atom is 0.531 e. The van der Waals surface area contributed by atoms with Crippen molar-refractivity contribution in [3.05, 3.63) is 33.4 Å². The number of nitrogens with one attached hydrogen (secondary N) is 2. The van der Waals surface area contributed by atoms with E-state index < -0.39 is 112 Å². The summed E-state index contributed by atoms with van der Waals surface area (Å²) in [7, 11) is -28.3. The number of nitrogen functional groups attached to an aromatic ring is 2. The highest BCUT2D eigenvalue weighted by atomic mass is 31.2. The molecule has 2 aliphatic rings. The number of nitrogens with zero attached hydrogens (tertiary/aromatic N) is 6. The number of aromatic amines is 2. The lowest BCUT2D eigenvalue weighted by Crippen LogP contribution is -2.33. The topological polar surface area (TPSA) is 594 Å². The highest BCUT2D eigenvalue weighted by Gasteiger charge is 2.49. The summed E-state index contributed by atoms with van der Waals surface area (Å²) < 4.78 is 107. The number of ether oxygens (including phenoxy) is 2. The third-order valence-corrected chi connectivity index (χ3v) is 11.2. The number of fused-ring (bicyclic) bond motifs is 2. The van der Waals surface area contributed by atoms with Gasteiger partial charge in [-0.2, -0.15) is 9.97 Å². The molecule has 0 saturated carbocycles. The summed E-state index contributed by atoms with van der Waals surface area (Å²) >= 11 is 0. The number of aliphatic hydroxyl groups excluding tert-OH is 4. The van der Waals surface area contributed by atoms with E-state index in [2.05, 4.69) is 96.7 Å². The van der Waals surface area contributed by atoms with E-state index >= 15 is 0 Å². The van der Waals surface area contributed by atoms with Gasteiger partial charge in [-0.3, -0.25) is 57.0 Å². The fourth-order valence-corrected chi connectivity index (χ4v) is 7.81. The van der Waals surface area contributed by atoms with Crippen LogP contribution in [0.3, 0.4) is 0 Å². The smallest absolute Gasteiger partial charge is 0.387 e. The second kappa shape index (κ2) is 20.8. The predicted octanol–water partition coefficient (Wildman–Crippen LogP) is -4.29. The Morgan fingerprint density at radius 3 is 1.54 bits per heavy atom. The van der Waals surface area contributed by atoms with Gasteiger partial charge in [-0.15, -0.1) is 4.67 Å². The molecule has 67 heavy (non-hydrogen) atoms. The van der Waals surface area contributed by atoms with Gasteiger partial charge in [0, 0.05) is 0 Å². The molecule has 376 valence electrons. The second-order valence-electron chi connectivity index (χ2n) is 12.4. The van der Waals surface area contributed by atoms with E-state index in [4.69, 9.17) is 20.9 Å². The zero-order chi connectivity index (χ0) is 49.3. The van der Waals surface area contributed by atoms with Crippen molar-refractivity contribution < 1.29 is 144 Å². The molecule has 5 unspecified atom stereocenters. The first-order valence-corrected chi connectivity index (χ1v) is 24.5. The van der Waals surface area contributed by atoms with E-state index in [-0.39, 0.29) is 34.2 Å². The minimum absolute atomic E-state index is 0.139. The number of anilines is 2. The van der Waals surface area contributed by atoms with Crippen LogP contribution in [0.2, 0.25) is 0 Å². The molecule has 0 radical (unpaired) electrons. The Morgan fingerprint density at radius 2 is 1.04 bits per heavy atom. The number of phosphoric ester groups is 1. The lowest BCUT2D eigenvalue weighted by Gasteiger charge is -2.19. The van der Waals surface area contributed by atoms with E-state index in [9.17, 15) is 77.3 Å². The fraction of sp³-hybridized carbons (Fsp3) is 0.500. The van der Waals surface area contributed by atoms with Crippen LogP contribution < -0.4 is 22.6 Å². The van der Waals surface area contributed by atoms with E-state index in [0.717, 1.165) is 21.8 Å². The zero-order valence-corrected chi connectivity index (χ0v) is 36.1. The molecule has 4 aromatic heterocycles. The van der Waals surface area contributed by atoms with Crippen molar-refractivity contribution in [2.75, 3.05) is 24.4 Å². The van der Waals surface area contributed by atoms with E-state index in [1.165, 1.54) is 0 Å². The van der Waals surface area contributed by atoms with Crippen LogP contribution in [-0.4, -0.2) is 134 Å². The second-order valence-corrected chi connectivity index (χ2v) is 19.2. The number of H-pyrrole nitrogens is 2. The van der Waals surface area contributed by atoms with Gasteiger partial charge in [-0.25, -0.2) is 33.1 Å². The summed E-state index contributed by atoms with van der Waals surface area (Å²) in [6, 6.07) is 0. The van der Waals surface area contributed by atoms with Crippen LogP contribution in [0.4, 0.5) is 11.9 Å². The van der Waals surface area contributed by atoms with Crippen LogP contribution in [0.1, 0.15) is 12.5 Å². The molecule has 2 fully saturated rings. The number of aromatic nitrogens is 8. The molecule has 2 aliphatic heterocycles. The molecule has 47 heteroatoms. The summed E-state index contributed by atoms with van der Waals surface area (Å²) in [6.07, 6.45) is -14.2. The molecule has 0 bridgehead atoms. The summed E-state index contributed by atoms with van der Waals surface area (Å²) in [6.45, 7) is -0.857. The first-order chi connectivity index (χ1) is 31.2. The Morgan fingerprint density at radius 1 is 0.612 bits per heavy atom. The Kier molecular flexibility index (Phi) is 16.4. The van der Waals surface area contributed by atoms with Crippen LogP contribution in [0, 0.1) is 0 Å². The summed E-state index contributed by atoms with van der Waals surface area (Å²) in [4.78, 5) is 96.1. The van der Waals surface area contributed by atoms with E-state index in [0.29, 0.717) is 0 Å². The Labute approximate surface area is 363 Å². The molecule has 0 aromatic carbocycles. The van der Waals surface area contributed by atoms with Gasteiger partial charge >= 0.3 is 38.9 Å². The fourth-order valence-electron chi connectivity index (χ4n) is 5.10. The maximum atomic E-state index is 12.4.